The molecule has 2 rings (SSSR count). The van der Waals surface area contributed by atoms with E-state index in [0.29, 0.717) is 6.04 Å². The highest BCUT2D eigenvalue weighted by molar-refractivity contribution is 5.45. The van der Waals surface area contributed by atoms with Crippen LogP contribution < -0.4 is 4.90 Å². The summed E-state index contributed by atoms with van der Waals surface area (Å²) in [5.41, 5.74) is 1.90. The summed E-state index contributed by atoms with van der Waals surface area (Å²) in [7, 11) is 4.30. The van der Waals surface area contributed by atoms with Gasteiger partial charge in [-0.1, -0.05) is 0 Å². The third-order valence-electron chi connectivity index (χ3n) is 3.76. The highest BCUT2D eigenvalue weighted by Crippen LogP contribution is 2.22. The zero-order chi connectivity index (χ0) is 13.1. The molecule has 1 atom stereocenters. The number of piperidine rings is 1. The van der Waals surface area contributed by atoms with E-state index in [-0.39, 0.29) is 0 Å². The molecule has 0 spiro atoms. The molecule has 1 aliphatic heterocycles. The molecule has 0 radical (unpaired) electrons. The van der Waals surface area contributed by atoms with Crippen molar-refractivity contribution in [3.63, 3.8) is 0 Å². The average molecular weight is 249 g/mol. The molecule has 0 amide bonds. The van der Waals surface area contributed by atoms with Gasteiger partial charge in [0.2, 0.25) is 0 Å². The van der Waals surface area contributed by atoms with Gasteiger partial charge < -0.3 is 14.9 Å². The zero-order valence-corrected chi connectivity index (χ0v) is 11.5. The lowest BCUT2D eigenvalue weighted by molar-refractivity contribution is 0.194. The molecule has 1 fully saturated rings. The maximum atomic E-state index is 9.44. The van der Waals surface area contributed by atoms with Gasteiger partial charge in [-0.2, -0.15) is 0 Å². The summed E-state index contributed by atoms with van der Waals surface area (Å²) in [6, 6.07) is 4.68. The Hall–Kier alpha value is -1.13. The standard InChI is InChI=1S/C14H23N3O/c1-11(18)14-5-4-13(10-15-14)17-8-6-12(7-9-17)16(2)3/h4-5,10-12,18H,6-9H2,1-3H3/t11-/m1/s1. The molecule has 1 saturated heterocycles. The highest BCUT2D eigenvalue weighted by atomic mass is 16.3. The van der Waals surface area contributed by atoms with E-state index in [1.807, 2.05) is 12.3 Å². The minimum Gasteiger partial charge on any atom is -0.387 e. The van der Waals surface area contributed by atoms with Gasteiger partial charge in [0, 0.05) is 19.1 Å². The third kappa shape index (κ3) is 3.00. The van der Waals surface area contributed by atoms with Crippen LogP contribution in [0.25, 0.3) is 0 Å². The normalized spacial score (nSPS) is 19.3. The van der Waals surface area contributed by atoms with Crippen LogP contribution in [0.4, 0.5) is 5.69 Å². The van der Waals surface area contributed by atoms with E-state index in [0.717, 1.165) is 24.5 Å². The van der Waals surface area contributed by atoms with E-state index >= 15 is 0 Å². The number of hydrogen-bond acceptors (Lipinski definition) is 4. The molecule has 1 aliphatic rings. The molecular formula is C14H23N3O. The maximum absolute atomic E-state index is 9.44. The second kappa shape index (κ2) is 5.67. The van der Waals surface area contributed by atoms with Crippen LogP contribution in [0.5, 0.6) is 0 Å². The minimum atomic E-state index is -0.487. The molecular weight excluding hydrogens is 226 g/mol. The lowest BCUT2D eigenvalue weighted by Crippen LogP contribution is -2.42. The lowest BCUT2D eigenvalue weighted by Gasteiger charge is -2.36. The van der Waals surface area contributed by atoms with Crippen molar-refractivity contribution in [2.75, 3.05) is 32.1 Å². The predicted octanol–water partition coefficient (Wildman–Crippen LogP) is 1.67. The first-order valence-corrected chi connectivity index (χ1v) is 6.63. The van der Waals surface area contributed by atoms with Gasteiger partial charge in [-0.05, 0) is 46.0 Å². The number of aromatic nitrogens is 1. The number of aliphatic hydroxyl groups excluding tert-OH is 1. The molecule has 0 saturated carbocycles. The second-order valence-corrected chi connectivity index (χ2v) is 5.30. The van der Waals surface area contributed by atoms with Crippen molar-refractivity contribution >= 4 is 5.69 Å². The molecule has 0 unspecified atom stereocenters. The van der Waals surface area contributed by atoms with E-state index in [1.165, 1.54) is 12.8 Å². The fourth-order valence-corrected chi connectivity index (χ4v) is 2.47. The Labute approximate surface area is 109 Å². The van der Waals surface area contributed by atoms with Gasteiger partial charge in [0.05, 0.1) is 23.7 Å². The smallest absolute Gasteiger partial charge is 0.0931 e. The van der Waals surface area contributed by atoms with Crippen LogP contribution in [0.3, 0.4) is 0 Å². The van der Waals surface area contributed by atoms with E-state index in [2.05, 4.69) is 34.9 Å². The van der Waals surface area contributed by atoms with Crippen molar-refractivity contribution in [3.8, 4) is 0 Å². The van der Waals surface area contributed by atoms with Crippen LogP contribution in [0.15, 0.2) is 18.3 Å². The number of pyridine rings is 1. The predicted molar refractivity (Wildman–Crippen MR) is 73.8 cm³/mol. The van der Waals surface area contributed by atoms with Crippen molar-refractivity contribution in [2.45, 2.75) is 31.9 Å². The summed E-state index contributed by atoms with van der Waals surface area (Å²) < 4.78 is 0. The molecule has 100 valence electrons. The largest absolute Gasteiger partial charge is 0.387 e. The van der Waals surface area contributed by atoms with Gasteiger partial charge in [0.15, 0.2) is 0 Å². The van der Waals surface area contributed by atoms with Crippen molar-refractivity contribution in [3.05, 3.63) is 24.0 Å². The molecule has 1 aromatic rings. The Morgan fingerprint density at radius 2 is 2.00 bits per heavy atom. The van der Waals surface area contributed by atoms with Gasteiger partial charge in [-0.3, -0.25) is 4.98 Å². The average Bonchev–Trinajstić information content (AvgIpc) is 2.39. The first kappa shape index (κ1) is 13.3. The van der Waals surface area contributed by atoms with Crippen molar-refractivity contribution < 1.29 is 5.11 Å². The Bertz CT molecular complexity index is 367. The fraction of sp³-hybridized carbons (Fsp3) is 0.643. The second-order valence-electron chi connectivity index (χ2n) is 5.30. The zero-order valence-electron chi connectivity index (χ0n) is 11.5. The van der Waals surface area contributed by atoms with Gasteiger partial charge in [0.1, 0.15) is 0 Å². The van der Waals surface area contributed by atoms with Gasteiger partial charge >= 0.3 is 0 Å². The van der Waals surface area contributed by atoms with Crippen LogP contribution in [-0.4, -0.2) is 48.2 Å². The summed E-state index contributed by atoms with van der Waals surface area (Å²) in [5.74, 6) is 0. The molecule has 0 aliphatic carbocycles. The Kier molecular flexibility index (Phi) is 4.19. The molecule has 1 N–H and O–H groups in total. The number of anilines is 1. The highest BCUT2D eigenvalue weighted by Gasteiger charge is 2.20. The van der Waals surface area contributed by atoms with Crippen molar-refractivity contribution in [1.29, 1.82) is 0 Å². The number of hydrogen-bond donors (Lipinski definition) is 1. The summed E-state index contributed by atoms with van der Waals surface area (Å²) in [5, 5.41) is 9.44. The first-order valence-electron chi connectivity index (χ1n) is 6.63. The monoisotopic (exact) mass is 249 g/mol. The fourth-order valence-electron chi connectivity index (χ4n) is 2.47. The number of rotatable bonds is 3. The molecule has 2 heterocycles. The molecule has 18 heavy (non-hydrogen) atoms. The van der Waals surface area contributed by atoms with Crippen molar-refractivity contribution in [1.82, 2.24) is 9.88 Å². The molecule has 0 bridgehead atoms. The van der Waals surface area contributed by atoms with Gasteiger partial charge in [-0.25, -0.2) is 0 Å². The molecule has 1 aromatic heterocycles. The minimum absolute atomic E-state index is 0.487. The summed E-state index contributed by atoms with van der Waals surface area (Å²) >= 11 is 0. The molecule has 0 aromatic carbocycles. The summed E-state index contributed by atoms with van der Waals surface area (Å²) in [6.07, 6.45) is 3.78. The van der Waals surface area contributed by atoms with Crippen molar-refractivity contribution in [2.24, 2.45) is 0 Å². The number of nitrogens with zero attached hydrogens (tertiary/aromatic N) is 3. The topological polar surface area (TPSA) is 39.6 Å². The summed E-state index contributed by atoms with van der Waals surface area (Å²) in [6.45, 7) is 3.90. The van der Waals surface area contributed by atoms with E-state index in [4.69, 9.17) is 0 Å². The first-order chi connectivity index (χ1) is 8.58. The quantitative estimate of drug-likeness (QED) is 0.884. The maximum Gasteiger partial charge on any atom is 0.0931 e. The van der Waals surface area contributed by atoms with E-state index in [1.54, 1.807) is 6.92 Å². The van der Waals surface area contributed by atoms with Crippen LogP contribution in [0.1, 0.15) is 31.6 Å². The Morgan fingerprint density at radius 3 is 2.44 bits per heavy atom. The summed E-state index contributed by atoms with van der Waals surface area (Å²) in [4.78, 5) is 8.99. The number of aliphatic hydroxyl groups is 1. The Balaban J connectivity index is 1.97. The van der Waals surface area contributed by atoms with Gasteiger partial charge in [-0.15, -0.1) is 0 Å². The van der Waals surface area contributed by atoms with Crippen LogP contribution in [-0.2, 0) is 0 Å². The molecule has 4 nitrogen and oxygen atoms in total. The van der Waals surface area contributed by atoms with E-state index < -0.39 is 6.10 Å². The lowest BCUT2D eigenvalue weighted by atomic mass is 10.0. The van der Waals surface area contributed by atoms with E-state index in [9.17, 15) is 5.11 Å². The van der Waals surface area contributed by atoms with Crippen LogP contribution in [0, 0.1) is 0 Å². The van der Waals surface area contributed by atoms with Gasteiger partial charge in [0.25, 0.3) is 0 Å². The third-order valence-corrected chi connectivity index (χ3v) is 3.76. The molecule has 4 heteroatoms. The Morgan fingerprint density at radius 1 is 1.33 bits per heavy atom. The van der Waals surface area contributed by atoms with Crippen LogP contribution in [0.2, 0.25) is 0 Å². The SMILES string of the molecule is C[C@@H](O)c1ccc(N2CCC(N(C)C)CC2)cn1. The van der Waals surface area contributed by atoms with Crippen LogP contribution >= 0.6 is 0 Å².